The molecule has 3 nitrogen and oxygen atoms in total. The monoisotopic (exact) mass is 703 g/mol. The van der Waals surface area contributed by atoms with Crippen molar-refractivity contribution >= 4 is 10.8 Å². The Morgan fingerprint density at radius 3 is 1.38 bits per heavy atom. The molecule has 0 radical (unpaired) electrons. The number of aromatic nitrogens is 3. The van der Waals surface area contributed by atoms with Gasteiger partial charge in [-0.1, -0.05) is 190 Å². The first-order valence-electron chi connectivity index (χ1n) is 18.9. The molecular formula is C52H37N3. The molecule has 0 N–H and O–H groups in total. The molecule has 3 heteroatoms. The van der Waals surface area contributed by atoms with Gasteiger partial charge in [-0.2, -0.15) is 0 Å². The molecule has 1 aromatic heterocycles. The van der Waals surface area contributed by atoms with Crippen molar-refractivity contribution in [2.45, 2.75) is 19.3 Å². The second-order valence-corrected chi connectivity index (χ2v) is 14.8. The molecular weight excluding hydrogens is 667 g/mol. The summed E-state index contributed by atoms with van der Waals surface area (Å²) in [6.07, 6.45) is 0. The van der Waals surface area contributed by atoms with Crippen LogP contribution >= 0.6 is 0 Å². The lowest BCUT2D eigenvalue weighted by Gasteiger charge is -2.22. The van der Waals surface area contributed by atoms with E-state index in [2.05, 4.69) is 190 Å². The van der Waals surface area contributed by atoms with Gasteiger partial charge in [0, 0.05) is 22.1 Å². The molecule has 0 spiro atoms. The van der Waals surface area contributed by atoms with E-state index in [0.717, 1.165) is 49.7 Å². The Labute approximate surface area is 321 Å². The standard InChI is InChI=1S/C52H37N3/c1-52(2)47-27-14-13-23-42(47)43-31-29-37(33-48(43)52)36-28-30-41-38(32-36)20-15-26-46(41)51-54-49(44-24-11-9-21-39(44)34-16-5-3-6-17-34)53-50(55-51)45-25-12-10-22-40(45)35-18-7-4-8-19-35/h3-33H,1-2H3. The van der Waals surface area contributed by atoms with Crippen molar-refractivity contribution in [3.05, 3.63) is 199 Å². The first kappa shape index (κ1) is 32.7. The molecule has 0 fully saturated rings. The van der Waals surface area contributed by atoms with Crippen molar-refractivity contribution in [1.29, 1.82) is 0 Å². The number of rotatable bonds is 6. The molecule has 1 aliphatic rings. The van der Waals surface area contributed by atoms with Gasteiger partial charge in [0.25, 0.3) is 0 Å². The summed E-state index contributed by atoms with van der Waals surface area (Å²) in [6.45, 7) is 4.67. The first-order valence-corrected chi connectivity index (χ1v) is 18.9. The fraction of sp³-hybridized carbons (Fsp3) is 0.0577. The molecule has 0 aliphatic heterocycles. The van der Waals surface area contributed by atoms with Crippen molar-refractivity contribution in [2.75, 3.05) is 0 Å². The second-order valence-electron chi connectivity index (χ2n) is 14.8. The zero-order chi connectivity index (χ0) is 36.9. The average Bonchev–Trinajstić information content (AvgIpc) is 3.49. The summed E-state index contributed by atoms with van der Waals surface area (Å²) in [7, 11) is 0. The molecule has 0 unspecified atom stereocenters. The van der Waals surface area contributed by atoms with Gasteiger partial charge < -0.3 is 0 Å². The average molecular weight is 704 g/mol. The second kappa shape index (κ2) is 13.2. The lowest BCUT2D eigenvalue weighted by atomic mass is 9.81. The summed E-state index contributed by atoms with van der Waals surface area (Å²) in [4.78, 5) is 15.8. The third-order valence-electron chi connectivity index (χ3n) is 11.2. The van der Waals surface area contributed by atoms with E-state index in [1.165, 1.54) is 33.4 Å². The van der Waals surface area contributed by atoms with E-state index in [4.69, 9.17) is 15.0 Å². The van der Waals surface area contributed by atoms with Crippen LogP contribution in [0.25, 0.3) is 89.4 Å². The largest absolute Gasteiger partial charge is 0.208 e. The number of nitrogens with zero attached hydrogens (tertiary/aromatic N) is 3. The van der Waals surface area contributed by atoms with Crippen LogP contribution in [0.1, 0.15) is 25.0 Å². The number of fused-ring (bicyclic) bond motifs is 4. The molecule has 0 bridgehead atoms. The Morgan fingerprint density at radius 2 is 0.764 bits per heavy atom. The normalized spacial score (nSPS) is 12.7. The Hall–Kier alpha value is -6.97. The molecule has 1 heterocycles. The minimum atomic E-state index is -0.0572. The molecule has 1 aliphatic carbocycles. The van der Waals surface area contributed by atoms with Crippen molar-refractivity contribution in [3.63, 3.8) is 0 Å². The fourth-order valence-corrected chi connectivity index (χ4v) is 8.37. The Morgan fingerprint density at radius 1 is 0.309 bits per heavy atom. The quantitative estimate of drug-likeness (QED) is 0.173. The maximum Gasteiger partial charge on any atom is 0.164 e. The van der Waals surface area contributed by atoms with Gasteiger partial charge >= 0.3 is 0 Å². The Bertz CT molecular complexity index is 2790. The summed E-state index contributed by atoms with van der Waals surface area (Å²) in [6, 6.07) is 66.6. The van der Waals surface area contributed by atoms with E-state index in [1.807, 2.05) is 12.1 Å². The van der Waals surface area contributed by atoms with Crippen LogP contribution in [-0.2, 0) is 5.41 Å². The SMILES string of the molecule is CC1(C)c2ccccc2-c2ccc(-c3ccc4c(-c5nc(-c6ccccc6-c6ccccc6)nc(-c6ccccc6-c6ccccc6)n5)cccc4c3)cc21. The first-order chi connectivity index (χ1) is 27.0. The van der Waals surface area contributed by atoms with Crippen molar-refractivity contribution in [3.8, 4) is 78.7 Å². The summed E-state index contributed by atoms with van der Waals surface area (Å²) < 4.78 is 0. The van der Waals surface area contributed by atoms with Crippen LogP contribution in [0.3, 0.4) is 0 Å². The molecule has 260 valence electrons. The van der Waals surface area contributed by atoms with E-state index >= 15 is 0 Å². The minimum Gasteiger partial charge on any atom is -0.208 e. The summed E-state index contributed by atoms with van der Waals surface area (Å²) >= 11 is 0. The van der Waals surface area contributed by atoms with E-state index in [-0.39, 0.29) is 5.41 Å². The van der Waals surface area contributed by atoms with Gasteiger partial charge in [0.1, 0.15) is 0 Å². The highest BCUT2D eigenvalue weighted by Crippen LogP contribution is 2.49. The topological polar surface area (TPSA) is 38.7 Å². The van der Waals surface area contributed by atoms with Crippen LogP contribution in [0, 0.1) is 0 Å². The Kier molecular flexibility index (Phi) is 7.81. The van der Waals surface area contributed by atoms with E-state index in [1.54, 1.807) is 0 Å². The van der Waals surface area contributed by atoms with Crippen molar-refractivity contribution in [1.82, 2.24) is 15.0 Å². The van der Waals surface area contributed by atoms with Crippen LogP contribution in [0.4, 0.5) is 0 Å². The van der Waals surface area contributed by atoms with Crippen molar-refractivity contribution in [2.24, 2.45) is 0 Å². The third-order valence-corrected chi connectivity index (χ3v) is 11.2. The van der Waals surface area contributed by atoms with Gasteiger partial charge in [-0.25, -0.2) is 15.0 Å². The zero-order valence-electron chi connectivity index (χ0n) is 30.7. The van der Waals surface area contributed by atoms with E-state index in [0.29, 0.717) is 17.5 Å². The molecule has 0 amide bonds. The Balaban J connectivity index is 1.13. The van der Waals surface area contributed by atoms with Gasteiger partial charge in [-0.15, -0.1) is 0 Å². The summed E-state index contributed by atoms with van der Waals surface area (Å²) in [5.74, 6) is 1.91. The van der Waals surface area contributed by atoms with Gasteiger partial charge in [0.05, 0.1) is 0 Å². The van der Waals surface area contributed by atoms with Crippen LogP contribution in [-0.4, -0.2) is 15.0 Å². The number of benzene rings is 8. The molecule has 0 saturated carbocycles. The van der Waals surface area contributed by atoms with Crippen molar-refractivity contribution < 1.29 is 0 Å². The predicted octanol–water partition coefficient (Wildman–Crippen LogP) is 13.3. The highest BCUT2D eigenvalue weighted by Gasteiger charge is 2.35. The van der Waals surface area contributed by atoms with Gasteiger partial charge in [-0.3, -0.25) is 0 Å². The third kappa shape index (κ3) is 5.64. The summed E-state index contributed by atoms with van der Waals surface area (Å²) in [5.41, 5.74) is 15.0. The highest BCUT2D eigenvalue weighted by atomic mass is 15.0. The highest BCUT2D eigenvalue weighted by molar-refractivity contribution is 5.98. The number of hydrogen-bond acceptors (Lipinski definition) is 3. The predicted molar refractivity (Wildman–Crippen MR) is 228 cm³/mol. The van der Waals surface area contributed by atoms with E-state index in [9.17, 15) is 0 Å². The van der Waals surface area contributed by atoms with Crippen LogP contribution in [0.15, 0.2) is 188 Å². The molecule has 8 aromatic carbocycles. The summed E-state index contributed by atoms with van der Waals surface area (Å²) in [5, 5.41) is 2.23. The van der Waals surface area contributed by atoms with Gasteiger partial charge in [-0.05, 0) is 78.5 Å². The van der Waals surface area contributed by atoms with Crippen LogP contribution < -0.4 is 0 Å². The van der Waals surface area contributed by atoms with E-state index < -0.39 is 0 Å². The number of hydrogen-bond donors (Lipinski definition) is 0. The maximum atomic E-state index is 5.27. The lowest BCUT2D eigenvalue weighted by Crippen LogP contribution is -2.14. The fourth-order valence-electron chi connectivity index (χ4n) is 8.37. The molecule has 0 atom stereocenters. The maximum absolute atomic E-state index is 5.27. The molecule has 10 rings (SSSR count). The van der Waals surface area contributed by atoms with Crippen LogP contribution in [0.5, 0.6) is 0 Å². The van der Waals surface area contributed by atoms with Gasteiger partial charge in [0.2, 0.25) is 0 Å². The minimum absolute atomic E-state index is 0.0572. The molecule has 55 heavy (non-hydrogen) atoms. The zero-order valence-corrected chi connectivity index (χ0v) is 30.7. The lowest BCUT2D eigenvalue weighted by molar-refractivity contribution is 0.660. The van der Waals surface area contributed by atoms with Gasteiger partial charge in [0.15, 0.2) is 17.5 Å². The molecule has 9 aromatic rings. The van der Waals surface area contributed by atoms with Crippen LogP contribution in [0.2, 0.25) is 0 Å². The smallest absolute Gasteiger partial charge is 0.164 e. The molecule has 0 saturated heterocycles.